The summed E-state index contributed by atoms with van der Waals surface area (Å²) >= 11 is 0. The van der Waals surface area contributed by atoms with Gasteiger partial charge in [-0.05, 0) is 43.4 Å². The molecule has 0 aromatic rings. The number of ether oxygens (including phenoxy) is 4. The maximum absolute atomic E-state index is 13.2. The molecule has 0 bridgehead atoms. The molecule has 19 heteroatoms. The van der Waals surface area contributed by atoms with E-state index < -0.39 is 97.5 Å². The molecule has 3 N–H and O–H groups in total. The topological polar surface area (TPSA) is 237 Å². The minimum atomic E-state index is -4.97. The Morgan fingerprint density at radius 2 is 0.418 bits per heavy atom. The molecule has 654 valence electrons. The van der Waals surface area contributed by atoms with E-state index in [0.717, 1.165) is 108 Å². The van der Waals surface area contributed by atoms with Crippen LogP contribution >= 0.6 is 15.6 Å². The number of aliphatic hydroxyl groups is 1. The lowest BCUT2D eigenvalue weighted by Gasteiger charge is -2.21. The number of carbonyl (C=O) groups is 4. The van der Waals surface area contributed by atoms with Crippen LogP contribution in [0.4, 0.5) is 0 Å². The standard InChI is InChI=1S/C91H178O17P2/c1-8-9-10-11-12-13-14-27-37-44-51-58-65-72-88(93)101-78-86(107-90(95)74-67-60-53-46-39-32-25-19-16-22-29-35-42-49-56-63-70-83(4)5)80-105-109(97,98)103-76-85(92)77-104-110(99,100)106-81-87(108-91(96)75-68-61-54-47-40-33-26-20-17-23-30-36-43-50-57-64-71-84(6)7)79-102-89(94)73-66-59-52-45-38-31-24-18-15-21-28-34-41-48-55-62-69-82(2)3/h82-87,92H,8-81H2,1-7H3,(H,97,98)(H,99,100)/t85-,86+,87+/m0/s1. The molecule has 0 rings (SSSR count). The number of esters is 4. The van der Waals surface area contributed by atoms with Gasteiger partial charge >= 0.3 is 39.5 Å². The normalized spacial score (nSPS) is 13.8. The van der Waals surface area contributed by atoms with E-state index in [-0.39, 0.29) is 25.7 Å². The molecule has 0 heterocycles. The van der Waals surface area contributed by atoms with E-state index in [0.29, 0.717) is 25.7 Å². The summed E-state index contributed by atoms with van der Waals surface area (Å²) in [7, 11) is -9.94. The summed E-state index contributed by atoms with van der Waals surface area (Å²) in [5.74, 6) is 0.336. The van der Waals surface area contributed by atoms with E-state index in [1.165, 1.54) is 295 Å². The van der Waals surface area contributed by atoms with Crippen molar-refractivity contribution in [2.24, 2.45) is 17.8 Å². The quantitative estimate of drug-likeness (QED) is 0.0222. The van der Waals surface area contributed by atoms with Crippen LogP contribution in [0.5, 0.6) is 0 Å². The van der Waals surface area contributed by atoms with Gasteiger partial charge in [0.05, 0.1) is 26.4 Å². The fourth-order valence-corrected chi connectivity index (χ4v) is 15.8. The molecule has 0 amide bonds. The first-order valence-corrected chi connectivity index (χ1v) is 49.8. The highest BCUT2D eigenvalue weighted by Crippen LogP contribution is 2.45. The molecular weight excluding hydrogens is 1430 g/mol. The van der Waals surface area contributed by atoms with Crippen molar-refractivity contribution >= 4 is 39.5 Å². The summed E-state index contributed by atoms with van der Waals surface area (Å²) < 4.78 is 69.1. The molecule has 0 aliphatic carbocycles. The summed E-state index contributed by atoms with van der Waals surface area (Å²) in [4.78, 5) is 73.5. The first-order valence-electron chi connectivity index (χ1n) is 46.8. The monoisotopic (exact) mass is 1610 g/mol. The molecule has 5 atom stereocenters. The van der Waals surface area contributed by atoms with Crippen LogP contribution in [-0.2, 0) is 65.4 Å². The molecule has 0 aromatic heterocycles. The van der Waals surface area contributed by atoms with Crippen LogP contribution in [0.25, 0.3) is 0 Å². The molecule has 0 fully saturated rings. The molecule has 2 unspecified atom stereocenters. The van der Waals surface area contributed by atoms with Gasteiger partial charge in [-0.2, -0.15) is 0 Å². The predicted octanol–water partition coefficient (Wildman–Crippen LogP) is 28.0. The highest BCUT2D eigenvalue weighted by molar-refractivity contribution is 7.47. The van der Waals surface area contributed by atoms with Crippen molar-refractivity contribution in [2.75, 3.05) is 39.6 Å². The number of carbonyl (C=O) groups excluding carboxylic acids is 4. The van der Waals surface area contributed by atoms with Gasteiger partial charge in [-0.25, -0.2) is 9.13 Å². The lowest BCUT2D eigenvalue weighted by molar-refractivity contribution is -0.161. The number of phosphoric ester groups is 2. The maximum Gasteiger partial charge on any atom is 0.472 e. The average Bonchev–Trinajstić information content (AvgIpc) is 0.898. The molecule has 0 aliphatic rings. The van der Waals surface area contributed by atoms with Gasteiger partial charge in [0.25, 0.3) is 0 Å². The Morgan fingerprint density at radius 1 is 0.245 bits per heavy atom. The lowest BCUT2D eigenvalue weighted by Crippen LogP contribution is -2.30. The second-order valence-corrected chi connectivity index (χ2v) is 37.0. The molecule has 0 spiro atoms. The Kier molecular flexibility index (Phi) is 79.4. The van der Waals surface area contributed by atoms with Gasteiger partial charge in [-0.1, -0.05) is 434 Å². The molecule has 0 radical (unpaired) electrons. The second kappa shape index (κ2) is 80.8. The molecule has 110 heavy (non-hydrogen) atoms. The highest BCUT2D eigenvalue weighted by atomic mass is 31.2. The smallest absolute Gasteiger partial charge is 0.462 e. The maximum atomic E-state index is 13.2. The van der Waals surface area contributed by atoms with Gasteiger partial charge in [-0.3, -0.25) is 37.3 Å². The van der Waals surface area contributed by atoms with Crippen LogP contribution < -0.4 is 0 Å². The summed E-state index contributed by atoms with van der Waals surface area (Å²) in [6.45, 7) is 12.1. The van der Waals surface area contributed by atoms with E-state index in [1.807, 2.05) is 0 Å². The van der Waals surface area contributed by atoms with Crippen LogP contribution in [0, 0.1) is 17.8 Å². The summed E-state index contributed by atoms with van der Waals surface area (Å²) in [5.41, 5.74) is 0. The molecule has 0 aliphatic heterocycles. The van der Waals surface area contributed by atoms with E-state index >= 15 is 0 Å². The summed E-state index contributed by atoms with van der Waals surface area (Å²) in [6, 6.07) is 0. The zero-order chi connectivity index (χ0) is 80.8. The van der Waals surface area contributed by atoms with Crippen molar-refractivity contribution in [1.29, 1.82) is 0 Å². The zero-order valence-corrected chi connectivity index (χ0v) is 74.5. The van der Waals surface area contributed by atoms with Crippen LogP contribution in [0.3, 0.4) is 0 Å². The number of unbranched alkanes of at least 4 members (excludes halogenated alkanes) is 57. The third-order valence-electron chi connectivity index (χ3n) is 21.4. The Balaban J connectivity index is 5.26. The van der Waals surface area contributed by atoms with E-state index in [1.54, 1.807) is 0 Å². The SMILES string of the molecule is CCCCCCCCCCCCCCCC(=O)OC[C@H](COP(=O)(O)OC[C@H](O)COP(=O)(O)OC[C@@H](COC(=O)CCCCCCCCCCCCCCCCCCC(C)C)OC(=O)CCCCCCCCCCCCCCCCCCC(C)C)OC(=O)CCCCCCCCCCCCCCCCCCC(C)C. The number of phosphoric acid groups is 2. The molecule has 17 nitrogen and oxygen atoms in total. The number of hydrogen-bond donors (Lipinski definition) is 3. The van der Waals surface area contributed by atoms with E-state index in [9.17, 15) is 43.2 Å². The first kappa shape index (κ1) is 108. The minimum absolute atomic E-state index is 0.109. The molecule has 0 saturated carbocycles. The van der Waals surface area contributed by atoms with E-state index in [2.05, 4.69) is 48.5 Å². The molecule has 0 aromatic carbocycles. The first-order chi connectivity index (χ1) is 53.2. The zero-order valence-electron chi connectivity index (χ0n) is 72.7. The van der Waals surface area contributed by atoms with Crippen LogP contribution in [0.2, 0.25) is 0 Å². The van der Waals surface area contributed by atoms with Crippen molar-refractivity contribution in [3.05, 3.63) is 0 Å². The average molecular weight is 1610 g/mol. The second-order valence-electron chi connectivity index (χ2n) is 34.1. The molecular formula is C91H178O17P2. The predicted molar refractivity (Wildman–Crippen MR) is 455 cm³/mol. The minimum Gasteiger partial charge on any atom is -0.462 e. The number of rotatable bonds is 89. The third-order valence-corrected chi connectivity index (χ3v) is 23.3. The molecule has 0 saturated heterocycles. The largest absolute Gasteiger partial charge is 0.472 e. The van der Waals surface area contributed by atoms with Crippen molar-refractivity contribution in [3.8, 4) is 0 Å². The van der Waals surface area contributed by atoms with Gasteiger partial charge in [0.15, 0.2) is 12.2 Å². The van der Waals surface area contributed by atoms with Gasteiger partial charge in [-0.15, -0.1) is 0 Å². The van der Waals surface area contributed by atoms with Crippen LogP contribution in [0.15, 0.2) is 0 Å². The van der Waals surface area contributed by atoms with Gasteiger partial charge in [0.1, 0.15) is 19.3 Å². The Hall–Kier alpha value is -1.94. The van der Waals surface area contributed by atoms with Gasteiger partial charge < -0.3 is 33.8 Å². The number of hydrogen-bond acceptors (Lipinski definition) is 15. The Labute approximate surface area is 677 Å². The summed E-state index contributed by atoms with van der Waals surface area (Å²) in [6.07, 6.45) is 73.5. The fourth-order valence-electron chi connectivity index (χ4n) is 14.3. The Bertz CT molecular complexity index is 2110. The number of aliphatic hydroxyl groups excluding tert-OH is 1. The summed E-state index contributed by atoms with van der Waals surface area (Å²) in [5, 5.41) is 10.7. The fraction of sp³-hybridized carbons (Fsp3) is 0.956. The van der Waals surface area contributed by atoms with E-state index in [4.69, 9.17) is 37.0 Å². The van der Waals surface area contributed by atoms with Crippen LogP contribution in [-0.4, -0.2) is 96.7 Å². The van der Waals surface area contributed by atoms with Crippen LogP contribution in [0.1, 0.15) is 485 Å². The van der Waals surface area contributed by atoms with Crippen molar-refractivity contribution in [3.63, 3.8) is 0 Å². The van der Waals surface area contributed by atoms with Crippen molar-refractivity contribution in [1.82, 2.24) is 0 Å². The van der Waals surface area contributed by atoms with Crippen molar-refractivity contribution in [2.45, 2.75) is 503 Å². The van der Waals surface area contributed by atoms with Gasteiger partial charge in [0, 0.05) is 25.7 Å². The van der Waals surface area contributed by atoms with Gasteiger partial charge in [0.2, 0.25) is 0 Å². The highest BCUT2D eigenvalue weighted by Gasteiger charge is 2.31. The third kappa shape index (κ3) is 84.0. The lowest BCUT2D eigenvalue weighted by atomic mass is 10.0. The Morgan fingerprint density at radius 3 is 0.618 bits per heavy atom. The van der Waals surface area contributed by atoms with Crippen molar-refractivity contribution < 1.29 is 80.2 Å².